The monoisotopic (exact) mass is 327 g/mol. The molecule has 0 radical (unpaired) electrons. The van der Waals surface area contributed by atoms with Crippen molar-refractivity contribution in [1.29, 1.82) is 0 Å². The van der Waals surface area contributed by atoms with Crippen LogP contribution >= 0.6 is 11.3 Å². The molecule has 1 aliphatic rings. The maximum Gasteiger partial charge on any atom is 0.563 e. The number of amides is 1. The van der Waals surface area contributed by atoms with Gasteiger partial charge in [0.25, 0.3) is 5.91 Å². The van der Waals surface area contributed by atoms with Gasteiger partial charge < -0.3 is 14.6 Å². The Bertz CT molecular complexity index is 755. The van der Waals surface area contributed by atoms with Crippen molar-refractivity contribution in [1.82, 2.24) is 0 Å². The van der Waals surface area contributed by atoms with Crippen LogP contribution in [0.1, 0.15) is 29.8 Å². The molecule has 6 heteroatoms. The SMILES string of the molecule is C=C1OB(c2cc(NC(=O)c3ccsc3)ccc2C)OC1(C)C. The number of carbonyl (C=O) groups excluding carboxylic acids is 1. The van der Waals surface area contributed by atoms with E-state index in [1.54, 1.807) is 6.07 Å². The van der Waals surface area contributed by atoms with Crippen LogP contribution in [-0.2, 0) is 9.31 Å². The summed E-state index contributed by atoms with van der Waals surface area (Å²) in [5, 5.41) is 6.60. The van der Waals surface area contributed by atoms with Gasteiger partial charge in [-0.25, -0.2) is 0 Å². The van der Waals surface area contributed by atoms with Crippen LogP contribution in [0.5, 0.6) is 0 Å². The van der Waals surface area contributed by atoms with Crippen LogP contribution in [0.4, 0.5) is 5.69 Å². The van der Waals surface area contributed by atoms with Crippen molar-refractivity contribution >= 4 is 35.5 Å². The van der Waals surface area contributed by atoms with Crippen molar-refractivity contribution in [3.05, 3.63) is 58.5 Å². The molecular weight excluding hydrogens is 309 g/mol. The number of aryl methyl sites for hydroxylation is 1. The number of benzene rings is 1. The molecule has 23 heavy (non-hydrogen) atoms. The molecule has 1 N–H and O–H groups in total. The van der Waals surface area contributed by atoms with E-state index >= 15 is 0 Å². The first-order valence-electron chi connectivity index (χ1n) is 7.35. The van der Waals surface area contributed by atoms with Gasteiger partial charge in [0.2, 0.25) is 0 Å². The van der Waals surface area contributed by atoms with Crippen molar-refractivity contribution in [2.75, 3.05) is 5.32 Å². The maximum atomic E-state index is 12.2. The van der Waals surface area contributed by atoms with Gasteiger partial charge in [-0.05, 0) is 49.9 Å². The molecule has 0 aliphatic carbocycles. The molecule has 0 bridgehead atoms. The topological polar surface area (TPSA) is 47.6 Å². The highest BCUT2D eigenvalue weighted by atomic mass is 32.1. The minimum atomic E-state index is -0.521. The summed E-state index contributed by atoms with van der Waals surface area (Å²) in [7, 11) is -0.504. The Kier molecular flexibility index (Phi) is 4.04. The molecular formula is C17H18BNO3S. The summed E-state index contributed by atoms with van der Waals surface area (Å²) in [6, 6.07) is 7.50. The number of hydrogen-bond donors (Lipinski definition) is 1. The van der Waals surface area contributed by atoms with Gasteiger partial charge in [-0.1, -0.05) is 12.6 Å². The summed E-state index contributed by atoms with van der Waals surface area (Å²) < 4.78 is 11.7. The van der Waals surface area contributed by atoms with Crippen LogP contribution < -0.4 is 10.8 Å². The van der Waals surface area contributed by atoms with E-state index in [1.807, 2.05) is 49.7 Å². The predicted molar refractivity (Wildman–Crippen MR) is 94.2 cm³/mol. The molecule has 0 spiro atoms. The van der Waals surface area contributed by atoms with Gasteiger partial charge in [0, 0.05) is 16.5 Å². The van der Waals surface area contributed by atoms with Gasteiger partial charge in [0.15, 0.2) is 0 Å². The third-order valence-corrected chi connectivity index (χ3v) is 4.58. The quantitative estimate of drug-likeness (QED) is 0.880. The summed E-state index contributed by atoms with van der Waals surface area (Å²) in [4.78, 5) is 12.2. The van der Waals surface area contributed by atoms with Crippen LogP contribution in [0.3, 0.4) is 0 Å². The molecule has 1 saturated heterocycles. The zero-order valence-electron chi connectivity index (χ0n) is 13.4. The molecule has 2 aromatic rings. The van der Waals surface area contributed by atoms with Crippen LogP contribution in [0.25, 0.3) is 0 Å². The van der Waals surface area contributed by atoms with E-state index in [9.17, 15) is 4.79 Å². The van der Waals surface area contributed by atoms with Gasteiger partial charge in [0.1, 0.15) is 5.60 Å². The Hall–Kier alpha value is -2.05. The third kappa shape index (κ3) is 3.18. The molecule has 1 aliphatic heterocycles. The number of hydrogen-bond acceptors (Lipinski definition) is 4. The fourth-order valence-electron chi connectivity index (χ4n) is 2.32. The van der Waals surface area contributed by atoms with Crippen LogP contribution in [0.15, 0.2) is 47.4 Å². The standard InChI is InChI=1S/C17H18BNO3S/c1-11-5-6-14(19-16(20)13-7-8-23-10-13)9-15(11)18-21-12(2)17(3,4)22-18/h5-10H,2H2,1,3-4H3,(H,19,20). The molecule has 0 saturated carbocycles. The van der Waals surface area contributed by atoms with E-state index in [4.69, 9.17) is 9.31 Å². The van der Waals surface area contributed by atoms with E-state index in [0.717, 1.165) is 11.0 Å². The molecule has 2 heterocycles. The number of rotatable bonds is 3. The van der Waals surface area contributed by atoms with Crippen LogP contribution in [0, 0.1) is 6.92 Å². The highest BCUT2D eigenvalue weighted by Gasteiger charge is 2.43. The Balaban J connectivity index is 1.83. The van der Waals surface area contributed by atoms with Crippen LogP contribution in [0.2, 0.25) is 0 Å². The molecule has 1 fully saturated rings. The second kappa shape index (κ2) is 5.87. The number of thiophene rings is 1. The highest BCUT2D eigenvalue weighted by molar-refractivity contribution is 7.08. The highest BCUT2D eigenvalue weighted by Crippen LogP contribution is 2.29. The Morgan fingerprint density at radius 3 is 2.74 bits per heavy atom. The van der Waals surface area contributed by atoms with Gasteiger partial charge in [0.05, 0.1) is 11.3 Å². The first-order valence-corrected chi connectivity index (χ1v) is 8.29. The molecule has 1 aromatic carbocycles. The smallest absolute Gasteiger partial charge is 0.534 e. The van der Waals surface area contributed by atoms with Crippen molar-refractivity contribution in [2.24, 2.45) is 0 Å². The van der Waals surface area contributed by atoms with E-state index in [1.165, 1.54) is 11.3 Å². The molecule has 4 nitrogen and oxygen atoms in total. The lowest BCUT2D eigenvalue weighted by Crippen LogP contribution is -2.36. The number of anilines is 1. The zero-order chi connectivity index (χ0) is 16.6. The van der Waals surface area contributed by atoms with Gasteiger partial charge in [-0.3, -0.25) is 4.79 Å². The number of nitrogens with one attached hydrogen (secondary N) is 1. The summed E-state index contributed by atoms with van der Waals surface area (Å²) in [6.45, 7) is 9.73. The Morgan fingerprint density at radius 2 is 2.13 bits per heavy atom. The van der Waals surface area contributed by atoms with Crippen molar-refractivity contribution in [3.63, 3.8) is 0 Å². The fraction of sp³-hybridized carbons (Fsp3) is 0.235. The molecule has 1 amide bonds. The average Bonchev–Trinajstić information content (AvgIpc) is 3.10. The Morgan fingerprint density at radius 1 is 1.35 bits per heavy atom. The zero-order valence-corrected chi connectivity index (χ0v) is 14.2. The molecule has 118 valence electrons. The van der Waals surface area contributed by atoms with Crippen molar-refractivity contribution in [2.45, 2.75) is 26.4 Å². The summed E-state index contributed by atoms with van der Waals surface area (Å²) in [5.74, 6) is 0.480. The molecule has 1 aromatic heterocycles. The minimum absolute atomic E-state index is 0.126. The molecule has 0 atom stereocenters. The predicted octanol–water partition coefficient (Wildman–Crippen LogP) is 3.34. The maximum absolute atomic E-state index is 12.2. The first kappa shape index (κ1) is 15.8. The van der Waals surface area contributed by atoms with Gasteiger partial charge in [-0.2, -0.15) is 11.3 Å². The summed E-state index contributed by atoms with van der Waals surface area (Å²) in [6.07, 6.45) is 0. The van der Waals surface area contributed by atoms with E-state index in [2.05, 4.69) is 11.9 Å². The minimum Gasteiger partial charge on any atom is -0.534 e. The first-order chi connectivity index (χ1) is 10.9. The van der Waals surface area contributed by atoms with E-state index in [-0.39, 0.29) is 5.91 Å². The largest absolute Gasteiger partial charge is 0.563 e. The molecule has 3 rings (SSSR count). The summed E-state index contributed by atoms with van der Waals surface area (Å²) in [5.41, 5.74) is 2.77. The summed E-state index contributed by atoms with van der Waals surface area (Å²) >= 11 is 1.49. The third-order valence-electron chi connectivity index (χ3n) is 3.90. The molecule has 0 unspecified atom stereocenters. The van der Waals surface area contributed by atoms with E-state index < -0.39 is 12.7 Å². The second-order valence-electron chi connectivity index (χ2n) is 6.04. The van der Waals surface area contributed by atoms with Crippen molar-refractivity contribution < 1.29 is 14.1 Å². The number of carbonyl (C=O) groups is 1. The average molecular weight is 327 g/mol. The lowest BCUT2D eigenvalue weighted by atomic mass is 9.76. The van der Waals surface area contributed by atoms with Crippen LogP contribution in [-0.4, -0.2) is 18.6 Å². The normalized spacial score (nSPS) is 16.3. The van der Waals surface area contributed by atoms with E-state index in [0.29, 0.717) is 17.0 Å². The van der Waals surface area contributed by atoms with Crippen molar-refractivity contribution in [3.8, 4) is 0 Å². The van der Waals surface area contributed by atoms with Gasteiger partial charge >= 0.3 is 7.12 Å². The Labute approximate surface area is 140 Å². The van der Waals surface area contributed by atoms with Gasteiger partial charge in [-0.15, -0.1) is 0 Å². The second-order valence-corrected chi connectivity index (χ2v) is 6.82. The lowest BCUT2D eigenvalue weighted by molar-refractivity contribution is 0.102. The lowest BCUT2D eigenvalue weighted by Gasteiger charge is -2.16. The fourth-order valence-corrected chi connectivity index (χ4v) is 2.96.